The fourth-order valence-electron chi connectivity index (χ4n) is 2.50. The Bertz CT molecular complexity index is 1020. The van der Waals surface area contributed by atoms with Gasteiger partial charge in [-0.1, -0.05) is 12.1 Å². The van der Waals surface area contributed by atoms with E-state index in [1.807, 2.05) is 18.2 Å². The van der Waals surface area contributed by atoms with Gasteiger partial charge in [-0.25, -0.2) is 13.6 Å². The van der Waals surface area contributed by atoms with Crippen LogP contribution in [0.4, 0.5) is 11.4 Å². The molecule has 0 spiro atoms. The molecule has 0 aliphatic heterocycles. The van der Waals surface area contributed by atoms with Crippen LogP contribution in [0, 0.1) is 0 Å². The molecule has 0 amide bonds. The molecule has 7 nitrogen and oxygen atoms in total. The van der Waals surface area contributed by atoms with Crippen LogP contribution < -0.4 is 20.9 Å². The van der Waals surface area contributed by atoms with E-state index in [0.717, 1.165) is 22.2 Å². The first-order valence-electron chi connectivity index (χ1n) is 7.46. The zero-order valence-corrected chi connectivity index (χ0v) is 14.4. The van der Waals surface area contributed by atoms with Gasteiger partial charge in [-0.05, 0) is 29.8 Å². The first-order chi connectivity index (χ1) is 11.9. The van der Waals surface area contributed by atoms with E-state index in [4.69, 9.17) is 15.6 Å². The number of nitrogens with zero attached hydrogens (tertiary/aromatic N) is 1. The Labute approximate surface area is 145 Å². The fraction of sp³-hybridized carbons (Fsp3) is 0.118. The van der Waals surface area contributed by atoms with E-state index >= 15 is 0 Å². The lowest BCUT2D eigenvalue weighted by atomic mass is 10.1. The smallest absolute Gasteiger partial charge is 0.238 e. The second-order valence-corrected chi connectivity index (χ2v) is 7.08. The highest BCUT2D eigenvalue weighted by Gasteiger charge is 2.09. The molecule has 5 N–H and O–H groups in total. The molecule has 0 fully saturated rings. The van der Waals surface area contributed by atoms with Crippen LogP contribution in [-0.2, 0) is 16.6 Å². The van der Waals surface area contributed by atoms with E-state index in [9.17, 15) is 8.42 Å². The number of anilines is 2. The van der Waals surface area contributed by atoms with Gasteiger partial charge >= 0.3 is 0 Å². The molecule has 0 saturated carbocycles. The predicted molar refractivity (Wildman–Crippen MR) is 97.8 cm³/mol. The molecule has 3 aromatic rings. The number of rotatable bonds is 5. The van der Waals surface area contributed by atoms with Crippen LogP contribution in [0.25, 0.3) is 10.9 Å². The fourth-order valence-corrected chi connectivity index (χ4v) is 3.02. The molecule has 8 heteroatoms. The van der Waals surface area contributed by atoms with E-state index in [2.05, 4.69) is 10.3 Å². The number of methoxy groups -OCH3 is 1. The van der Waals surface area contributed by atoms with Crippen molar-refractivity contribution in [3.63, 3.8) is 0 Å². The van der Waals surface area contributed by atoms with E-state index in [1.165, 1.54) is 12.1 Å². The number of hydrogen-bond acceptors (Lipinski definition) is 6. The monoisotopic (exact) mass is 358 g/mol. The topological polar surface area (TPSA) is 120 Å². The van der Waals surface area contributed by atoms with Crippen molar-refractivity contribution >= 4 is 32.3 Å². The zero-order valence-electron chi connectivity index (χ0n) is 13.6. The summed E-state index contributed by atoms with van der Waals surface area (Å²) in [5, 5.41) is 9.26. The molecule has 0 saturated heterocycles. The number of sulfonamides is 1. The van der Waals surface area contributed by atoms with Crippen LogP contribution in [0.3, 0.4) is 0 Å². The number of hydrogen-bond donors (Lipinski definition) is 3. The normalized spacial score (nSPS) is 11.4. The average molecular weight is 358 g/mol. The number of ether oxygens (including phenoxy) is 1. The van der Waals surface area contributed by atoms with Gasteiger partial charge in [0.1, 0.15) is 5.75 Å². The van der Waals surface area contributed by atoms with Crippen molar-refractivity contribution in [1.29, 1.82) is 0 Å². The zero-order chi connectivity index (χ0) is 18.0. The second kappa shape index (κ2) is 6.58. The number of nitrogens with two attached hydrogens (primary N) is 2. The summed E-state index contributed by atoms with van der Waals surface area (Å²) in [5.74, 6) is 0.717. The van der Waals surface area contributed by atoms with Gasteiger partial charge in [-0.2, -0.15) is 0 Å². The highest BCUT2D eigenvalue weighted by Crippen LogP contribution is 2.30. The van der Waals surface area contributed by atoms with Gasteiger partial charge in [0.15, 0.2) is 0 Å². The molecule has 3 rings (SSSR count). The van der Waals surface area contributed by atoms with Crippen LogP contribution in [0.15, 0.2) is 53.6 Å². The summed E-state index contributed by atoms with van der Waals surface area (Å²) in [7, 11) is -2.09. The molecule has 25 heavy (non-hydrogen) atoms. The van der Waals surface area contributed by atoms with Crippen LogP contribution in [0.1, 0.15) is 5.56 Å². The predicted octanol–water partition coefficient (Wildman–Crippen LogP) is 2.09. The minimum absolute atomic E-state index is 0.0808. The van der Waals surface area contributed by atoms with E-state index in [1.54, 1.807) is 25.4 Å². The van der Waals surface area contributed by atoms with Gasteiger partial charge in [0.25, 0.3) is 0 Å². The molecule has 1 heterocycles. The first-order valence-corrected chi connectivity index (χ1v) is 9.01. The van der Waals surface area contributed by atoms with Crippen molar-refractivity contribution in [2.45, 2.75) is 11.4 Å². The lowest BCUT2D eigenvalue weighted by Crippen LogP contribution is -2.12. The Morgan fingerprint density at radius 3 is 2.52 bits per heavy atom. The van der Waals surface area contributed by atoms with Crippen molar-refractivity contribution < 1.29 is 13.2 Å². The summed E-state index contributed by atoms with van der Waals surface area (Å²) in [4.78, 5) is 4.40. The summed E-state index contributed by atoms with van der Waals surface area (Å²) < 4.78 is 27.8. The summed E-state index contributed by atoms with van der Waals surface area (Å²) >= 11 is 0. The minimum atomic E-state index is -3.69. The standard InChI is InChI=1S/C17H18N4O3S/c1-24-12-4-7-14-16(8-12)20-10-15(18)17(14)21-9-11-2-5-13(6-3-11)25(19,22)23/h2-8,10H,9,18H2,1H3,(H,20,21)(H2,19,22,23). The van der Waals surface area contributed by atoms with E-state index in [0.29, 0.717) is 18.0 Å². The maximum Gasteiger partial charge on any atom is 0.238 e. The third-order valence-electron chi connectivity index (χ3n) is 3.83. The van der Waals surface area contributed by atoms with Gasteiger partial charge < -0.3 is 15.8 Å². The Kier molecular flexibility index (Phi) is 4.47. The number of primary sulfonamides is 1. The second-order valence-electron chi connectivity index (χ2n) is 5.51. The van der Waals surface area contributed by atoms with Crippen LogP contribution in [-0.4, -0.2) is 20.5 Å². The first kappa shape index (κ1) is 17.0. The maximum absolute atomic E-state index is 11.3. The number of aromatic nitrogens is 1. The van der Waals surface area contributed by atoms with E-state index in [-0.39, 0.29) is 4.90 Å². The molecular weight excluding hydrogens is 340 g/mol. The van der Waals surface area contributed by atoms with Gasteiger partial charge in [0.05, 0.1) is 35.1 Å². The van der Waals surface area contributed by atoms with Gasteiger partial charge in [0, 0.05) is 18.0 Å². The molecule has 2 aromatic carbocycles. The van der Waals surface area contributed by atoms with Crippen molar-refractivity contribution in [3.8, 4) is 5.75 Å². The van der Waals surface area contributed by atoms with E-state index < -0.39 is 10.0 Å². The molecule has 0 unspecified atom stereocenters. The lowest BCUT2D eigenvalue weighted by Gasteiger charge is -2.13. The van der Waals surface area contributed by atoms with Crippen molar-refractivity contribution in [1.82, 2.24) is 4.98 Å². The number of nitrogen functional groups attached to an aromatic ring is 1. The Morgan fingerprint density at radius 2 is 1.88 bits per heavy atom. The van der Waals surface area contributed by atoms with Crippen molar-refractivity contribution in [3.05, 3.63) is 54.2 Å². The molecular formula is C17H18N4O3S. The third-order valence-corrected chi connectivity index (χ3v) is 4.76. The highest BCUT2D eigenvalue weighted by atomic mass is 32.2. The molecule has 0 aliphatic carbocycles. The summed E-state index contributed by atoms with van der Waals surface area (Å²) in [6, 6.07) is 11.9. The largest absolute Gasteiger partial charge is 0.497 e. The molecule has 0 radical (unpaired) electrons. The van der Waals surface area contributed by atoms with Gasteiger partial charge in [-0.15, -0.1) is 0 Å². The maximum atomic E-state index is 11.3. The average Bonchev–Trinajstić information content (AvgIpc) is 2.60. The third kappa shape index (κ3) is 3.65. The highest BCUT2D eigenvalue weighted by molar-refractivity contribution is 7.89. The van der Waals surface area contributed by atoms with Crippen LogP contribution in [0.2, 0.25) is 0 Å². The molecule has 0 aliphatic rings. The summed E-state index contributed by atoms with van der Waals surface area (Å²) in [5.41, 5.74) is 9.00. The molecule has 0 bridgehead atoms. The van der Waals surface area contributed by atoms with Crippen molar-refractivity contribution in [2.75, 3.05) is 18.2 Å². The molecule has 1 aromatic heterocycles. The Balaban J connectivity index is 1.86. The summed E-state index contributed by atoms with van der Waals surface area (Å²) in [6.07, 6.45) is 1.59. The summed E-state index contributed by atoms with van der Waals surface area (Å²) in [6.45, 7) is 0.472. The number of benzene rings is 2. The number of pyridine rings is 1. The quantitative estimate of drug-likeness (QED) is 0.642. The number of fused-ring (bicyclic) bond motifs is 1. The van der Waals surface area contributed by atoms with Gasteiger partial charge in [0.2, 0.25) is 10.0 Å². The minimum Gasteiger partial charge on any atom is -0.497 e. The van der Waals surface area contributed by atoms with Gasteiger partial charge in [-0.3, -0.25) is 4.98 Å². The number of nitrogens with one attached hydrogen (secondary N) is 1. The SMILES string of the molecule is COc1ccc2c(NCc3ccc(S(N)(=O)=O)cc3)c(N)cnc2c1. The van der Waals surface area contributed by atoms with Crippen molar-refractivity contribution in [2.24, 2.45) is 5.14 Å². The van der Waals surface area contributed by atoms with Crippen LogP contribution in [0.5, 0.6) is 5.75 Å². The molecule has 0 atom stereocenters. The lowest BCUT2D eigenvalue weighted by molar-refractivity contribution is 0.415. The Hall–Kier alpha value is -2.84. The molecule has 130 valence electrons. The Morgan fingerprint density at radius 1 is 1.16 bits per heavy atom. The van der Waals surface area contributed by atoms with Crippen LogP contribution >= 0.6 is 0 Å².